The summed E-state index contributed by atoms with van der Waals surface area (Å²) >= 11 is 0. The van der Waals surface area contributed by atoms with Gasteiger partial charge in [-0.3, -0.25) is 4.79 Å². The molecule has 0 spiro atoms. The van der Waals surface area contributed by atoms with Gasteiger partial charge in [0, 0.05) is 24.7 Å². The molecule has 1 aromatic heterocycles. The smallest absolute Gasteiger partial charge is 0.258 e. The number of aromatic nitrogens is 2. The van der Waals surface area contributed by atoms with Crippen LogP contribution in [0.1, 0.15) is 42.4 Å². The second kappa shape index (κ2) is 6.68. The van der Waals surface area contributed by atoms with Gasteiger partial charge in [0.2, 0.25) is 0 Å². The maximum Gasteiger partial charge on any atom is 0.258 e. The molecule has 124 valence electrons. The van der Waals surface area contributed by atoms with Crippen molar-refractivity contribution in [2.45, 2.75) is 31.7 Å². The zero-order valence-electron chi connectivity index (χ0n) is 13.3. The Kier molecular flexibility index (Phi) is 5.06. The number of carbonyl (C=O) groups excluding carboxylic acids is 1. The SMILES string of the molecule is CCN(C)C(=O)c1cccc(-c2nc(C3(N)CCC3)no2)c1.Cl. The predicted molar refractivity (Wildman–Crippen MR) is 89.3 cm³/mol. The van der Waals surface area contributed by atoms with Crippen molar-refractivity contribution in [3.8, 4) is 11.5 Å². The van der Waals surface area contributed by atoms with Gasteiger partial charge in [0.25, 0.3) is 11.8 Å². The normalized spacial score (nSPS) is 15.4. The van der Waals surface area contributed by atoms with E-state index in [-0.39, 0.29) is 18.3 Å². The van der Waals surface area contributed by atoms with Gasteiger partial charge in [0.05, 0.1) is 5.54 Å². The third kappa shape index (κ3) is 3.23. The van der Waals surface area contributed by atoms with E-state index in [9.17, 15) is 4.79 Å². The Labute approximate surface area is 141 Å². The molecule has 1 aromatic carbocycles. The minimum Gasteiger partial charge on any atom is -0.342 e. The summed E-state index contributed by atoms with van der Waals surface area (Å²) in [4.78, 5) is 18.3. The molecule has 0 aliphatic heterocycles. The lowest BCUT2D eigenvalue weighted by Gasteiger charge is -2.34. The van der Waals surface area contributed by atoms with Crippen molar-refractivity contribution in [2.24, 2.45) is 5.73 Å². The Hall–Kier alpha value is -1.92. The van der Waals surface area contributed by atoms with Gasteiger partial charge < -0.3 is 15.2 Å². The average molecular weight is 337 g/mol. The average Bonchev–Trinajstić information content (AvgIpc) is 3.01. The summed E-state index contributed by atoms with van der Waals surface area (Å²) in [5.74, 6) is 0.926. The van der Waals surface area contributed by atoms with E-state index in [1.807, 2.05) is 19.1 Å². The quantitative estimate of drug-likeness (QED) is 0.927. The summed E-state index contributed by atoms with van der Waals surface area (Å²) in [5, 5.41) is 4.01. The predicted octanol–water partition coefficient (Wildman–Crippen LogP) is 2.59. The Morgan fingerprint density at radius 3 is 2.78 bits per heavy atom. The number of hydrogen-bond acceptors (Lipinski definition) is 5. The first-order valence-electron chi connectivity index (χ1n) is 7.52. The fourth-order valence-corrected chi connectivity index (χ4v) is 2.47. The molecule has 1 fully saturated rings. The molecule has 7 heteroatoms. The topological polar surface area (TPSA) is 85.2 Å². The monoisotopic (exact) mass is 336 g/mol. The summed E-state index contributed by atoms with van der Waals surface area (Å²) in [6.45, 7) is 2.59. The van der Waals surface area contributed by atoms with E-state index in [4.69, 9.17) is 10.3 Å². The molecule has 2 aromatic rings. The van der Waals surface area contributed by atoms with E-state index in [1.165, 1.54) is 0 Å². The van der Waals surface area contributed by atoms with Gasteiger partial charge in [-0.15, -0.1) is 12.4 Å². The molecule has 1 heterocycles. The highest BCUT2D eigenvalue weighted by molar-refractivity contribution is 5.95. The van der Waals surface area contributed by atoms with Crippen LogP contribution in [-0.4, -0.2) is 34.5 Å². The standard InChI is InChI=1S/C16H20N4O2.ClH/c1-3-20(2)14(21)12-7-4-6-11(10-12)13-18-15(19-22-13)16(17)8-5-9-16;/h4,6-7,10H,3,5,8-9,17H2,1-2H3;1H. The van der Waals surface area contributed by atoms with E-state index in [2.05, 4.69) is 10.1 Å². The highest BCUT2D eigenvalue weighted by Gasteiger charge is 2.39. The lowest BCUT2D eigenvalue weighted by molar-refractivity contribution is 0.0802. The van der Waals surface area contributed by atoms with Crippen molar-refractivity contribution in [2.75, 3.05) is 13.6 Å². The summed E-state index contributed by atoms with van der Waals surface area (Å²) in [7, 11) is 1.77. The fraction of sp³-hybridized carbons (Fsp3) is 0.438. The van der Waals surface area contributed by atoms with Crippen molar-refractivity contribution in [3.63, 3.8) is 0 Å². The van der Waals surface area contributed by atoms with Gasteiger partial charge in [-0.25, -0.2) is 0 Å². The minimum absolute atomic E-state index is 0. The van der Waals surface area contributed by atoms with Crippen molar-refractivity contribution in [1.29, 1.82) is 0 Å². The fourth-order valence-electron chi connectivity index (χ4n) is 2.47. The molecular formula is C16H21ClN4O2. The second-order valence-electron chi connectivity index (χ2n) is 5.83. The van der Waals surface area contributed by atoms with E-state index in [0.29, 0.717) is 23.8 Å². The van der Waals surface area contributed by atoms with Gasteiger partial charge in [-0.05, 0) is 44.4 Å². The molecule has 1 saturated carbocycles. The highest BCUT2D eigenvalue weighted by atomic mass is 35.5. The lowest BCUT2D eigenvalue weighted by atomic mass is 9.77. The van der Waals surface area contributed by atoms with E-state index < -0.39 is 5.54 Å². The van der Waals surface area contributed by atoms with Gasteiger partial charge in [-0.2, -0.15) is 4.98 Å². The Morgan fingerprint density at radius 1 is 1.43 bits per heavy atom. The zero-order chi connectivity index (χ0) is 15.7. The van der Waals surface area contributed by atoms with Crippen LogP contribution in [0.25, 0.3) is 11.5 Å². The van der Waals surface area contributed by atoms with E-state index >= 15 is 0 Å². The number of hydrogen-bond donors (Lipinski definition) is 1. The lowest BCUT2D eigenvalue weighted by Crippen LogP contribution is -2.44. The van der Waals surface area contributed by atoms with Gasteiger partial charge >= 0.3 is 0 Å². The molecule has 2 N–H and O–H groups in total. The van der Waals surface area contributed by atoms with Crippen LogP contribution in [0, 0.1) is 0 Å². The first-order valence-corrected chi connectivity index (χ1v) is 7.52. The van der Waals surface area contributed by atoms with Crippen molar-refractivity contribution < 1.29 is 9.32 Å². The number of carbonyl (C=O) groups is 1. The van der Waals surface area contributed by atoms with Crippen LogP contribution >= 0.6 is 12.4 Å². The Balaban J connectivity index is 0.00000192. The number of halogens is 1. The van der Waals surface area contributed by atoms with Crippen LogP contribution < -0.4 is 5.73 Å². The molecule has 0 unspecified atom stereocenters. The molecule has 1 aliphatic rings. The molecule has 0 saturated heterocycles. The molecule has 0 radical (unpaired) electrons. The van der Waals surface area contributed by atoms with Gasteiger partial charge in [0.1, 0.15) is 0 Å². The summed E-state index contributed by atoms with van der Waals surface area (Å²) in [6, 6.07) is 7.23. The van der Waals surface area contributed by atoms with Crippen LogP contribution in [-0.2, 0) is 5.54 Å². The van der Waals surface area contributed by atoms with Crippen molar-refractivity contribution in [1.82, 2.24) is 15.0 Å². The molecule has 6 nitrogen and oxygen atoms in total. The second-order valence-corrected chi connectivity index (χ2v) is 5.83. The minimum atomic E-state index is -0.447. The molecule has 0 atom stereocenters. The van der Waals surface area contributed by atoms with Crippen LogP contribution in [0.4, 0.5) is 0 Å². The van der Waals surface area contributed by atoms with Crippen LogP contribution in [0.15, 0.2) is 28.8 Å². The number of nitrogens with two attached hydrogens (primary N) is 1. The number of benzene rings is 1. The molecule has 3 rings (SSSR count). The first kappa shape index (κ1) is 17.4. The Morgan fingerprint density at radius 2 is 2.17 bits per heavy atom. The maximum absolute atomic E-state index is 12.2. The zero-order valence-corrected chi connectivity index (χ0v) is 14.1. The third-order valence-corrected chi connectivity index (χ3v) is 4.29. The highest BCUT2D eigenvalue weighted by Crippen LogP contribution is 2.37. The molecule has 1 amide bonds. The molecule has 1 aliphatic carbocycles. The van der Waals surface area contributed by atoms with Gasteiger partial charge in [-0.1, -0.05) is 11.2 Å². The third-order valence-electron chi connectivity index (χ3n) is 4.29. The van der Waals surface area contributed by atoms with Crippen LogP contribution in [0.3, 0.4) is 0 Å². The summed E-state index contributed by atoms with van der Waals surface area (Å²) < 4.78 is 5.33. The van der Waals surface area contributed by atoms with Crippen molar-refractivity contribution in [3.05, 3.63) is 35.7 Å². The van der Waals surface area contributed by atoms with Gasteiger partial charge in [0.15, 0.2) is 5.82 Å². The summed E-state index contributed by atoms with van der Waals surface area (Å²) in [5.41, 5.74) is 7.10. The number of nitrogens with zero attached hydrogens (tertiary/aromatic N) is 3. The van der Waals surface area contributed by atoms with E-state index in [1.54, 1.807) is 24.1 Å². The maximum atomic E-state index is 12.2. The first-order chi connectivity index (χ1) is 10.5. The Bertz CT molecular complexity index is 697. The largest absolute Gasteiger partial charge is 0.342 e. The van der Waals surface area contributed by atoms with Crippen LogP contribution in [0.5, 0.6) is 0 Å². The van der Waals surface area contributed by atoms with E-state index in [0.717, 1.165) is 24.8 Å². The van der Waals surface area contributed by atoms with Crippen molar-refractivity contribution >= 4 is 18.3 Å². The van der Waals surface area contributed by atoms with Crippen LogP contribution in [0.2, 0.25) is 0 Å². The molecular weight excluding hydrogens is 316 g/mol. The molecule has 23 heavy (non-hydrogen) atoms. The summed E-state index contributed by atoms with van der Waals surface area (Å²) in [6.07, 6.45) is 2.85. The number of amides is 1. The molecule has 0 bridgehead atoms. The number of rotatable bonds is 4.